The number of thiocarbonyl (C=S) groups is 1. The minimum atomic E-state index is -0.809. The van der Waals surface area contributed by atoms with Crippen molar-refractivity contribution in [2.45, 2.75) is 30.9 Å². The summed E-state index contributed by atoms with van der Waals surface area (Å²) in [5.74, 6) is -0.368. The van der Waals surface area contributed by atoms with Crippen LogP contribution in [-0.2, 0) is 23.7 Å². The second-order valence-corrected chi connectivity index (χ2v) is 9.59. The summed E-state index contributed by atoms with van der Waals surface area (Å²) in [6.45, 7) is 11.7. The minimum Gasteiger partial charge on any atom is -0.463 e. The van der Waals surface area contributed by atoms with Crippen molar-refractivity contribution in [1.82, 2.24) is 0 Å². The molecule has 0 heterocycles. The maximum Gasteiger partial charge on any atom is 0.305 e. The second-order valence-electron chi connectivity index (χ2n) is 7.41. The zero-order chi connectivity index (χ0) is 25.8. The van der Waals surface area contributed by atoms with Crippen LogP contribution in [0.1, 0.15) is 31.7 Å². The van der Waals surface area contributed by atoms with Gasteiger partial charge in [0.25, 0.3) is 0 Å². The van der Waals surface area contributed by atoms with Crippen LogP contribution in [0.3, 0.4) is 0 Å². The molecule has 0 fully saturated rings. The number of nitrogens with zero attached hydrogens (tertiary/aromatic N) is 2. The molecule has 0 saturated carbocycles. The third-order valence-electron chi connectivity index (χ3n) is 4.60. The van der Waals surface area contributed by atoms with Gasteiger partial charge in [0.1, 0.15) is 11.4 Å². The van der Waals surface area contributed by atoms with Crippen LogP contribution < -0.4 is 0 Å². The van der Waals surface area contributed by atoms with Gasteiger partial charge in [-0.15, -0.1) is 0 Å². The monoisotopic (exact) mass is 518 g/mol. The van der Waals surface area contributed by atoms with E-state index in [0.29, 0.717) is 50.1 Å². The number of nitriles is 1. The van der Waals surface area contributed by atoms with Gasteiger partial charge >= 0.3 is 5.97 Å². The molecular formula is C26H34N2O5S2. The minimum absolute atomic E-state index is 0.130. The third-order valence-corrected chi connectivity index (χ3v) is 6.25. The van der Waals surface area contributed by atoms with Crippen molar-refractivity contribution in [3.05, 3.63) is 61.3 Å². The first-order valence-electron chi connectivity index (χ1n) is 11.3. The fourth-order valence-corrected chi connectivity index (χ4v) is 4.25. The van der Waals surface area contributed by atoms with Crippen molar-refractivity contribution in [1.29, 1.82) is 5.26 Å². The topological polar surface area (TPSA) is 90.1 Å². The lowest BCUT2D eigenvalue weighted by Gasteiger charge is -2.20. The van der Waals surface area contributed by atoms with Crippen LogP contribution in [0.25, 0.3) is 0 Å². The van der Waals surface area contributed by atoms with Crippen LogP contribution in [0.5, 0.6) is 0 Å². The van der Waals surface area contributed by atoms with Crippen molar-refractivity contribution in [2.24, 2.45) is 4.99 Å². The number of hydrogen-bond acceptors (Lipinski definition) is 9. The lowest BCUT2D eigenvalue weighted by molar-refractivity contribution is -0.145. The van der Waals surface area contributed by atoms with E-state index in [4.69, 9.17) is 31.2 Å². The Bertz CT molecular complexity index is 870. The largest absolute Gasteiger partial charge is 0.463 e. The third kappa shape index (κ3) is 14.6. The number of hydrogen-bond donors (Lipinski definition) is 0. The summed E-state index contributed by atoms with van der Waals surface area (Å²) >= 11 is 6.74. The van der Waals surface area contributed by atoms with Crippen LogP contribution in [0.2, 0.25) is 0 Å². The van der Waals surface area contributed by atoms with E-state index in [9.17, 15) is 10.1 Å². The lowest BCUT2D eigenvalue weighted by Crippen LogP contribution is -2.22. The van der Waals surface area contributed by atoms with E-state index in [1.165, 1.54) is 18.0 Å². The average Bonchev–Trinajstić information content (AvgIpc) is 2.87. The second kappa shape index (κ2) is 18.9. The van der Waals surface area contributed by atoms with Gasteiger partial charge in [-0.25, -0.2) is 0 Å². The van der Waals surface area contributed by atoms with Crippen LogP contribution in [-0.4, -0.2) is 66.9 Å². The van der Waals surface area contributed by atoms with E-state index in [1.807, 2.05) is 30.3 Å². The maximum absolute atomic E-state index is 12.0. The molecule has 35 heavy (non-hydrogen) atoms. The van der Waals surface area contributed by atoms with Crippen LogP contribution in [0.15, 0.2) is 60.8 Å². The van der Waals surface area contributed by atoms with Crippen molar-refractivity contribution in [3.63, 3.8) is 0 Å². The van der Waals surface area contributed by atoms with Gasteiger partial charge in [-0.1, -0.05) is 67.5 Å². The molecule has 0 spiro atoms. The highest BCUT2D eigenvalue weighted by atomic mass is 32.2. The number of carbonyl (C=O) groups is 1. The number of benzene rings is 1. The summed E-state index contributed by atoms with van der Waals surface area (Å²) in [7, 11) is 0. The summed E-state index contributed by atoms with van der Waals surface area (Å²) in [5.41, 5.74) is 1.72. The fourth-order valence-electron chi connectivity index (χ4n) is 2.65. The van der Waals surface area contributed by atoms with Crippen LogP contribution in [0, 0.1) is 11.3 Å². The molecule has 0 aliphatic rings. The molecule has 0 aliphatic carbocycles. The molecule has 9 heteroatoms. The van der Waals surface area contributed by atoms with Gasteiger partial charge < -0.3 is 18.9 Å². The van der Waals surface area contributed by atoms with Gasteiger partial charge in [-0.05, 0) is 25.0 Å². The van der Waals surface area contributed by atoms with E-state index < -0.39 is 4.75 Å². The highest BCUT2D eigenvalue weighted by molar-refractivity contribution is 8.24. The normalized spacial score (nSPS) is 12.9. The molecule has 0 aliphatic heterocycles. The van der Waals surface area contributed by atoms with Crippen molar-refractivity contribution >= 4 is 39.9 Å². The fraction of sp³-hybridized carbons (Fsp3) is 0.462. The van der Waals surface area contributed by atoms with Gasteiger partial charge in [0.2, 0.25) is 0 Å². The molecule has 0 amide bonds. The molecule has 0 radical (unpaired) electrons. The van der Waals surface area contributed by atoms with Crippen molar-refractivity contribution in [3.8, 4) is 6.07 Å². The van der Waals surface area contributed by atoms with E-state index in [1.54, 1.807) is 13.0 Å². The predicted octanol–water partition coefficient (Wildman–Crippen LogP) is 4.91. The van der Waals surface area contributed by atoms with Crippen LogP contribution in [0.4, 0.5) is 0 Å². The Labute approximate surface area is 218 Å². The number of thioether (sulfide) groups is 1. The molecule has 1 atom stereocenters. The first-order valence-corrected chi connectivity index (χ1v) is 12.5. The van der Waals surface area contributed by atoms with E-state index in [-0.39, 0.29) is 25.6 Å². The molecule has 190 valence electrons. The van der Waals surface area contributed by atoms with Crippen molar-refractivity contribution in [2.75, 3.05) is 46.2 Å². The number of rotatable bonds is 19. The van der Waals surface area contributed by atoms with Gasteiger partial charge in [0, 0.05) is 24.8 Å². The molecule has 0 N–H and O–H groups in total. The quantitative estimate of drug-likeness (QED) is 0.110. The van der Waals surface area contributed by atoms with Gasteiger partial charge in [0.15, 0.2) is 0 Å². The highest BCUT2D eigenvalue weighted by Crippen LogP contribution is 2.33. The molecule has 1 aromatic rings. The number of esters is 1. The van der Waals surface area contributed by atoms with Gasteiger partial charge in [0.05, 0.1) is 49.9 Å². The first-order chi connectivity index (χ1) is 16.9. The molecule has 0 aromatic heterocycles. The molecule has 1 unspecified atom stereocenters. The Hall–Kier alpha value is -2.35. The molecular weight excluding hydrogens is 484 g/mol. The summed E-state index contributed by atoms with van der Waals surface area (Å²) in [6, 6.07) is 11.8. The Morgan fingerprint density at radius 3 is 2.23 bits per heavy atom. The lowest BCUT2D eigenvalue weighted by atomic mass is 10.1. The van der Waals surface area contributed by atoms with E-state index in [2.05, 4.69) is 24.2 Å². The Kier molecular flexibility index (Phi) is 16.6. The highest BCUT2D eigenvalue weighted by Gasteiger charge is 2.28. The van der Waals surface area contributed by atoms with Crippen LogP contribution >= 0.6 is 24.0 Å². The van der Waals surface area contributed by atoms with E-state index >= 15 is 0 Å². The standard InChI is InChI=1S/C26H34N2O5S2/c1-4-23(28-5-2)12-14-30-15-16-31-17-18-32-19-20-33-24(29)11-13-26(3,21-27)35-25(34)22-9-7-6-8-10-22/h4-10H,1-2,11-20H2,3H3. The molecule has 1 aromatic carbocycles. The Balaban J connectivity index is 2.06. The number of ether oxygens (including phenoxy) is 4. The predicted molar refractivity (Wildman–Crippen MR) is 145 cm³/mol. The molecule has 1 rings (SSSR count). The summed E-state index contributed by atoms with van der Waals surface area (Å²) in [4.78, 5) is 16.1. The Morgan fingerprint density at radius 1 is 1.06 bits per heavy atom. The van der Waals surface area contributed by atoms with Crippen molar-refractivity contribution < 1.29 is 23.7 Å². The number of carbonyl (C=O) groups excluding carboxylic acids is 1. The molecule has 0 saturated heterocycles. The summed E-state index contributed by atoms with van der Waals surface area (Å²) in [5, 5.41) is 9.59. The van der Waals surface area contributed by atoms with E-state index in [0.717, 1.165) is 11.3 Å². The average molecular weight is 519 g/mol. The first kappa shape index (κ1) is 30.7. The smallest absolute Gasteiger partial charge is 0.305 e. The number of allylic oxidation sites excluding steroid dienone is 1. The zero-order valence-electron chi connectivity index (χ0n) is 20.3. The zero-order valence-corrected chi connectivity index (χ0v) is 21.9. The molecule has 7 nitrogen and oxygen atoms in total. The van der Waals surface area contributed by atoms with Gasteiger partial charge in [-0.3, -0.25) is 9.79 Å². The summed E-state index contributed by atoms with van der Waals surface area (Å²) in [6.07, 6.45) is 4.31. The number of aliphatic imine (C=N–C) groups is 1. The molecule has 0 bridgehead atoms. The SMILES string of the molecule is C=CN=C(C=C)CCOCCOCCOCCOC(=O)CCC(C)(C#N)SC(=S)c1ccccc1. The van der Waals surface area contributed by atoms with Gasteiger partial charge in [-0.2, -0.15) is 5.26 Å². The summed E-state index contributed by atoms with van der Waals surface area (Å²) < 4.78 is 21.3. The maximum atomic E-state index is 12.0. The Morgan fingerprint density at radius 2 is 1.66 bits per heavy atom.